The number of ketones is 2. The molecule has 1 heterocycles. The first-order valence-electron chi connectivity index (χ1n) is 5.36. The van der Waals surface area contributed by atoms with Crippen LogP contribution in [0, 0.1) is 5.82 Å². The summed E-state index contributed by atoms with van der Waals surface area (Å²) in [6, 6.07) is 5.29. The summed E-state index contributed by atoms with van der Waals surface area (Å²) in [5.41, 5.74) is 0.432. The number of aromatic nitrogens is 2. The number of carbonyl (C=O) groups excluding carboxylic acids is 2. The summed E-state index contributed by atoms with van der Waals surface area (Å²) >= 11 is 0. The number of Topliss-reactive ketones (excluding diaryl/α,β-unsaturated/α-hetero) is 2. The van der Waals surface area contributed by atoms with Crippen molar-refractivity contribution < 1.29 is 14.0 Å². The predicted molar refractivity (Wildman–Crippen MR) is 62.9 cm³/mol. The van der Waals surface area contributed by atoms with E-state index in [-0.39, 0.29) is 23.5 Å². The molecule has 0 saturated heterocycles. The topological polar surface area (TPSA) is 52.0 Å². The van der Waals surface area contributed by atoms with Gasteiger partial charge in [0.05, 0.1) is 12.7 Å². The maximum atomic E-state index is 12.9. The summed E-state index contributed by atoms with van der Waals surface area (Å²) in [6.45, 7) is 0. The van der Waals surface area contributed by atoms with Gasteiger partial charge in [0.2, 0.25) is 0 Å². The van der Waals surface area contributed by atoms with E-state index >= 15 is 0 Å². The molecule has 1 aromatic carbocycles. The van der Waals surface area contributed by atoms with Crippen LogP contribution in [0.15, 0.2) is 36.8 Å². The van der Waals surface area contributed by atoms with Crippen molar-refractivity contribution in [2.75, 3.05) is 0 Å². The fraction of sp³-hybridized carbons (Fsp3) is 0.154. The van der Waals surface area contributed by atoms with Crippen molar-refractivity contribution in [3.63, 3.8) is 0 Å². The van der Waals surface area contributed by atoms with Crippen molar-refractivity contribution in [3.8, 4) is 0 Å². The Morgan fingerprint density at radius 1 is 1.33 bits per heavy atom. The van der Waals surface area contributed by atoms with Gasteiger partial charge in [0, 0.05) is 18.8 Å². The van der Waals surface area contributed by atoms with E-state index in [9.17, 15) is 14.0 Å². The van der Waals surface area contributed by atoms with Crippen molar-refractivity contribution in [1.82, 2.24) is 9.55 Å². The van der Waals surface area contributed by atoms with Crippen molar-refractivity contribution in [2.45, 2.75) is 6.42 Å². The van der Waals surface area contributed by atoms with Gasteiger partial charge in [-0.25, -0.2) is 9.37 Å². The van der Waals surface area contributed by atoms with Crippen LogP contribution in [0.3, 0.4) is 0 Å². The molecule has 2 rings (SSSR count). The van der Waals surface area contributed by atoms with E-state index in [0.29, 0.717) is 0 Å². The number of rotatable bonds is 4. The molecular formula is C13H11FN2O2. The largest absolute Gasteiger partial charge is 0.340 e. The van der Waals surface area contributed by atoms with Crippen LogP contribution >= 0.6 is 0 Å². The third kappa shape index (κ3) is 2.68. The van der Waals surface area contributed by atoms with E-state index in [1.165, 1.54) is 24.5 Å². The molecule has 0 atom stereocenters. The summed E-state index contributed by atoms with van der Waals surface area (Å²) in [7, 11) is 1.73. The molecule has 0 fully saturated rings. The van der Waals surface area contributed by atoms with Gasteiger partial charge in [-0.15, -0.1) is 0 Å². The second-order valence-electron chi connectivity index (χ2n) is 3.96. The average molecular weight is 246 g/mol. The maximum absolute atomic E-state index is 12.9. The Morgan fingerprint density at radius 3 is 2.72 bits per heavy atom. The SMILES string of the molecule is Cn1cnc(C(=O)CC(=O)c2cccc(F)c2)c1. The van der Waals surface area contributed by atoms with Gasteiger partial charge in [0.15, 0.2) is 11.6 Å². The lowest BCUT2D eigenvalue weighted by atomic mass is 10.0. The Bertz CT molecular complexity index is 605. The van der Waals surface area contributed by atoms with E-state index in [1.807, 2.05) is 0 Å². The Balaban J connectivity index is 2.10. The average Bonchev–Trinajstić information content (AvgIpc) is 2.76. The molecule has 1 aromatic heterocycles. The summed E-state index contributed by atoms with van der Waals surface area (Å²) < 4.78 is 14.6. The minimum Gasteiger partial charge on any atom is -0.340 e. The molecular weight excluding hydrogens is 235 g/mol. The van der Waals surface area contributed by atoms with E-state index < -0.39 is 11.6 Å². The monoisotopic (exact) mass is 246 g/mol. The number of nitrogens with zero attached hydrogens (tertiary/aromatic N) is 2. The zero-order valence-electron chi connectivity index (χ0n) is 9.76. The summed E-state index contributed by atoms with van der Waals surface area (Å²) in [5, 5.41) is 0. The lowest BCUT2D eigenvalue weighted by Crippen LogP contribution is -2.09. The maximum Gasteiger partial charge on any atom is 0.190 e. The van der Waals surface area contributed by atoms with Gasteiger partial charge >= 0.3 is 0 Å². The first-order valence-corrected chi connectivity index (χ1v) is 5.36. The summed E-state index contributed by atoms with van der Waals surface area (Å²) in [4.78, 5) is 27.4. The molecule has 0 spiro atoms. The molecule has 0 aliphatic heterocycles. The van der Waals surface area contributed by atoms with E-state index in [1.54, 1.807) is 17.8 Å². The Labute approximate surface area is 103 Å². The van der Waals surface area contributed by atoms with Crippen molar-refractivity contribution in [1.29, 1.82) is 0 Å². The first kappa shape index (κ1) is 12.2. The van der Waals surface area contributed by atoms with Crippen molar-refractivity contribution in [3.05, 3.63) is 53.9 Å². The zero-order valence-corrected chi connectivity index (χ0v) is 9.76. The molecule has 0 N–H and O–H groups in total. The second-order valence-corrected chi connectivity index (χ2v) is 3.96. The van der Waals surface area contributed by atoms with Crippen LogP contribution in [0.2, 0.25) is 0 Å². The molecule has 0 radical (unpaired) electrons. The number of carbonyl (C=O) groups is 2. The van der Waals surface area contributed by atoms with E-state index in [2.05, 4.69) is 4.98 Å². The van der Waals surface area contributed by atoms with Gasteiger partial charge in [-0.05, 0) is 12.1 Å². The van der Waals surface area contributed by atoms with Gasteiger partial charge in [-0.3, -0.25) is 9.59 Å². The Morgan fingerprint density at radius 2 is 2.11 bits per heavy atom. The van der Waals surface area contributed by atoms with Gasteiger partial charge in [0.1, 0.15) is 11.5 Å². The molecule has 18 heavy (non-hydrogen) atoms. The summed E-state index contributed by atoms with van der Waals surface area (Å²) in [6.07, 6.45) is 2.72. The zero-order chi connectivity index (χ0) is 13.1. The van der Waals surface area contributed by atoms with E-state index in [0.717, 1.165) is 6.07 Å². The Kier molecular flexibility index (Phi) is 3.32. The third-order valence-corrected chi connectivity index (χ3v) is 2.46. The minimum absolute atomic E-state index is 0.194. The standard InChI is InChI=1S/C13H11FN2O2/c1-16-7-11(15-8-16)13(18)6-12(17)9-3-2-4-10(14)5-9/h2-5,7-8H,6H2,1H3. The molecule has 0 aliphatic carbocycles. The second kappa shape index (κ2) is 4.91. The fourth-order valence-electron chi connectivity index (χ4n) is 1.56. The molecule has 0 amide bonds. The number of imidazole rings is 1. The van der Waals surface area contributed by atoms with Gasteiger partial charge in [0.25, 0.3) is 0 Å². The highest BCUT2D eigenvalue weighted by Gasteiger charge is 2.15. The quantitative estimate of drug-likeness (QED) is 0.612. The molecule has 0 saturated carbocycles. The molecule has 4 nitrogen and oxygen atoms in total. The van der Waals surface area contributed by atoms with Gasteiger partial charge < -0.3 is 4.57 Å². The molecule has 0 aliphatic rings. The highest BCUT2D eigenvalue weighted by atomic mass is 19.1. The Hall–Kier alpha value is -2.30. The molecule has 2 aromatic rings. The van der Waals surface area contributed by atoms with Crippen molar-refractivity contribution >= 4 is 11.6 Å². The van der Waals surface area contributed by atoms with Crippen LogP contribution in [-0.4, -0.2) is 21.1 Å². The van der Waals surface area contributed by atoms with E-state index in [4.69, 9.17) is 0 Å². The number of benzene rings is 1. The highest BCUT2D eigenvalue weighted by Crippen LogP contribution is 2.09. The van der Waals surface area contributed by atoms with Crippen LogP contribution in [-0.2, 0) is 7.05 Å². The summed E-state index contributed by atoms with van der Waals surface area (Å²) in [5.74, 6) is -1.28. The van der Waals surface area contributed by atoms with Crippen LogP contribution in [0.1, 0.15) is 27.3 Å². The number of halogens is 1. The third-order valence-electron chi connectivity index (χ3n) is 2.46. The van der Waals surface area contributed by atoms with Gasteiger partial charge in [-0.1, -0.05) is 12.1 Å². The fourth-order valence-corrected chi connectivity index (χ4v) is 1.56. The lowest BCUT2D eigenvalue weighted by molar-refractivity contribution is 0.0891. The van der Waals surface area contributed by atoms with Crippen LogP contribution in [0.5, 0.6) is 0 Å². The first-order chi connectivity index (χ1) is 8.56. The van der Waals surface area contributed by atoms with Crippen LogP contribution in [0.25, 0.3) is 0 Å². The normalized spacial score (nSPS) is 10.3. The molecule has 92 valence electrons. The number of hydrogen-bond donors (Lipinski definition) is 0. The molecule has 5 heteroatoms. The van der Waals surface area contributed by atoms with Crippen molar-refractivity contribution in [2.24, 2.45) is 7.05 Å². The van der Waals surface area contributed by atoms with Crippen LogP contribution in [0.4, 0.5) is 4.39 Å². The number of hydrogen-bond acceptors (Lipinski definition) is 3. The molecule has 0 bridgehead atoms. The van der Waals surface area contributed by atoms with Crippen LogP contribution < -0.4 is 0 Å². The predicted octanol–water partition coefficient (Wildman–Crippen LogP) is 2.01. The molecule has 0 unspecified atom stereocenters. The number of aryl methyl sites for hydroxylation is 1. The highest BCUT2D eigenvalue weighted by molar-refractivity contribution is 6.12. The van der Waals surface area contributed by atoms with Gasteiger partial charge in [-0.2, -0.15) is 0 Å². The minimum atomic E-state index is -0.494. The lowest BCUT2D eigenvalue weighted by Gasteiger charge is -1.99. The smallest absolute Gasteiger partial charge is 0.190 e.